The van der Waals surface area contributed by atoms with Crippen molar-refractivity contribution in [2.24, 2.45) is 0 Å². The molecule has 0 aliphatic carbocycles. The van der Waals surface area contributed by atoms with Gasteiger partial charge in [0.2, 0.25) is 0 Å². The second kappa shape index (κ2) is 16.1. The molecule has 0 radical (unpaired) electrons. The minimum absolute atomic E-state index is 0.0483. The van der Waals surface area contributed by atoms with E-state index < -0.39 is 10.1 Å². The van der Waals surface area contributed by atoms with E-state index >= 15 is 0 Å². The molecule has 0 unspecified atom stereocenters. The molecular weight excluding hydrogens is 320 g/mol. The Balaban J connectivity index is 3.14. The molecule has 0 heterocycles. The van der Waals surface area contributed by atoms with Crippen LogP contribution in [-0.2, 0) is 10.1 Å². The number of hydrogen-bond donors (Lipinski definition) is 1. The summed E-state index contributed by atoms with van der Waals surface area (Å²) in [5.41, 5.74) is 0. The van der Waals surface area contributed by atoms with Gasteiger partial charge >= 0.3 is 0 Å². The molecule has 0 aromatic rings. The topological polar surface area (TPSA) is 54.4 Å². The van der Waals surface area contributed by atoms with Crippen LogP contribution in [0.25, 0.3) is 0 Å². The Morgan fingerprint density at radius 1 is 0.667 bits per heavy atom. The van der Waals surface area contributed by atoms with E-state index in [1.54, 1.807) is 0 Å². The highest BCUT2D eigenvalue weighted by molar-refractivity contribution is 7.89. The van der Waals surface area contributed by atoms with Crippen LogP contribution in [0.15, 0.2) is 11.5 Å². The summed E-state index contributed by atoms with van der Waals surface area (Å²) >= 11 is 0. The molecule has 144 valence electrons. The minimum Gasteiger partial charge on any atom is -0.282 e. The molecule has 0 aromatic heterocycles. The number of unbranched alkanes of at least 4 members (excludes halogenated alkanes) is 15. The second-order valence-electron chi connectivity index (χ2n) is 7.07. The van der Waals surface area contributed by atoms with Gasteiger partial charge in [0.15, 0.2) is 0 Å². The van der Waals surface area contributed by atoms with E-state index in [4.69, 9.17) is 4.55 Å². The zero-order chi connectivity index (χ0) is 18.1. The zero-order valence-electron chi connectivity index (χ0n) is 15.9. The number of allylic oxidation sites excluding steroid dienone is 1. The van der Waals surface area contributed by atoms with Gasteiger partial charge in [-0.15, -0.1) is 0 Å². The van der Waals surface area contributed by atoms with Crippen LogP contribution < -0.4 is 0 Å². The van der Waals surface area contributed by atoms with Gasteiger partial charge in [-0.1, -0.05) is 110 Å². The van der Waals surface area contributed by atoms with Crippen LogP contribution in [-0.4, -0.2) is 13.0 Å². The van der Waals surface area contributed by atoms with E-state index in [1.807, 2.05) is 0 Å². The predicted molar refractivity (Wildman–Crippen MR) is 105 cm³/mol. The van der Waals surface area contributed by atoms with Gasteiger partial charge in [-0.25, -0.2) is 0 Å². The standard InChI is InChI=1S/C20H40O3S/c1-3-4-5-6-7-8-9-10-11-12-13-14-15-16-17-18-19-20(2)24(21,22)23/h2-19H2,1H3,(H,21,22,23). The van der Waals surface area contributed by atoms with Crippen molar-refractivity contribution in [1.29, 1.82) is 0 Å². The summed E-state index contributed by atoms with van der Waals surface area (Å²) in [6, 6.07) is 0. The molecule has 0 aromatic carbocycles. The molecule has 4 heteroatoms. The Bertz CT molecular complexity index is 388. The first kappa shape index (κ1) is 23.6. The third kappa shape index (κ3) is 16.5. The van der Waals surface area contributed by atoms with Gasteiger partial charge in [0.25, 0.3) is 10.1 Å². The van der Waals surface area contributed by atoms with Crippen molar-refractivity contribution < 1.29 is 13.0 Å². The molecule has 0 fully saturated rings. The van der Waals surface area contributed by atoms with Crippen LogP contribution in [0.2, 0.25) is 0 Å². The van der Waals surface area contributed by atoms with Gasteiger partial charge < -0.3 is 0 Å². The van der Waals surface area contributed by atoms with Crippen LogP contribution in [0.3, 0.4) is 0 Å². The predicted octanol–water partition coefficient (Wildman–Crippen LogP) is 7.04. The Morgan fingerprint density at radius 2 is 0.958 bits per heavy atom. The summed E-state index contributed by atoms with van der Waals surface area (Å²) in [5.74, 6) is 0. The van der Waals surface area contributed by atoms with Crippen molar-refractivity contribution in [2.75, 3.05) is 0 Å². The smallest absolute Gasteiger partial charge is 0.282 e. The number of hydrogen-bond acceptors (Lipinski definition) is 2. The van der Waals surface area contributed by atoms with E-state index in [-0.39, 0.29) is 4.91 Å². The maximum Gasteiger partial charge on any atom is 0.290 e. The lowest BCUT2D eigenvalue weighted by molar-refractivity contribution is 0.487. The summed E-state index contributed by atoms with van der Waals surface area (Å²) in [6.07, 6.45) is 21.1. The third-order valence-electron chi connectivity index (χ3n) is 4.67. The first-order valence-electron chi connectivity index (χ1n) is 10.1. The van der Waals surface area contributed by atoms with Crippen molar-refractivity contribution in [1.82, 2.24) is 0 Å². The summed E-state index contributed by atoms with van der Waals surface area (Å²) in [4.78, 5) is -0.0483. The molecule has 1 N–H and O–H groups in total. The van der Waals surface area contributed by atoms with Gasteiger partial charge in [0, 0.05) is 0 Å². The Hall–Kier alpha value is -0.350. The molecule has 24 heavy (non-hydrogen) atoms. The SMILES string of the molecule is C=C(CCCCCCCCCCCCCCCCCC)S(=O)(=O)O. The molecule has 0 aliphatic heterocycles. The maximum absolute atomic E-state index is 10.8. The Kier molecular flexibility index (Phi) is 15.9. The second-order valence-corrected chi connectivity index (χ2v) is 8.59. The van der Waals surface area contributed by atoms with Crippen LogP contribution in [0.5, 0.6) is 0 Å². The van der Waals surface area contributed by atoms with Gasteiger partial charge in [0.05, 0.1) is 4.91 Å². The molecule has 0 atom stereocenters. The normalized spacial score (nSPS) is 11.8. The molecule has 3 nitrogen and oxygen atoms in total. The van der Waals surface area contributed by atoms with Crippen molar-refractivity contribution in [3.8, 4) is 0 Å². The fourth-order valence-corrected chi connectivity index (χ4v) is 3.40. The molecule has 0 saturated carbocycles. The van der Waals surface area contributed by atoms with Crippen molar-refractivity contribution in [2.45, 2.75) is 116 Å². The first-order chi connectivity index (χ1) is 11.5. The Morgan fingerprint density at radius 3 is 1.25 bits per heavy atom. The van der Waals surface area contributed by atoms with Crippen LogP contribution >= 0.6 is 0 Å². The summed E-state index contributed by atoms with van der Waals surface area (Å²) < 4.78 is 30.3. The molecule has 0 bridgehead atoms. The van der Waals surface area contributed by atoms with Crippen molar-refractivity contribution >= 4 is 10.1 Å². The Labute approximate surface area is 151 Å². The van der Waals surface area contributed by atoms with Gasteiger partial charge in [-0.05, 0) is 12.8 Å². The van der Waals surface area contributed by atoms with Crippen LogP contribution in [0, 0.1) is 0 Å². The third-order valence-corrected chi connectivity index (χ3v) is 5.61. The highest BCUT2D eigenvalue weighted by Gasteiger charge is 2.09. The van der Waals surface area contributed by atoms with E-state index in [0.717, 1.165) is 19.3 Å². The van der Waals surface area contributed by atoms with Gasteiger partial charge in [-0.3, -0.25) is 4.55 Å². The average Bonchev–Trinajstić information content (AvgIpc) is 2.53. The zero-order valence-corrected chi connectivity index (χ0v) is 16.7. The van der Waals surface area contributed by atoms with Crippen LogP contribution in [0.1, 0.15) is 116 Å². The van der Waals surface area contributed by atoms with E-state index in [1.165, 1.54) is 83.5 Å². The maximum atomic E-state index is 10.8. The lowest BCUT2D eigenvalue weighted by Gasteiger charge is -2.04. The van der Waals surface area contributed by atoms with E-state index in [0.29, 0.717) is 6.42 Å². The summed E-state index contributed by atoms with van der Waals surface area (Å²) in [5, 5.41) is 0. The molecule has 0 amide bonds. The summed E-state index contributed by atoms with van der Waals surface area (Å²) in [6.45, 7) is 5.66. The highest BCUT2D eigenvalue weighted by atomic mass is 32.2. The average molecular weight is 361 g/mol. The fourth-order valence-electron chi connectivity index (χ4n) is 3.00. The quantitative estimate of drug-likeness (QED) is 0.211. The fraction of sp³-hybridized carbons (Fsp3) is 0.900. The first-order valence-corrected chi connectivity index (χ1v) is 11.6. The molecular formula is C20H40O3S. The van der Waals surface area contributed by atoms with E-state index in [2.05, 4.69) is 13.5 Å². The van der Waals surface area contributed by atoms with Crippen molar-refractivity contribution in [3.63, 3.8) is 0 Å². The van der Waals surface area contributed by atoms with Crippen LogP contribution in [0.4, 0.5) is 0 Å². The summed E-state index contributed by atoms with van der Waals surface area (Å²) in [7, 11) is -4.02. The lowest BCUT2D eigenvalue weighted by Crippen LogP contribution is -2.00. The highest BCUT2D eigenvalue weighted by Crippen LogP contribution is 2.16. The van der Waals surface area contributed by atoms with E-state index in [9.17, 15) is 8.42 Å². The molecule has 0 rings (SSSR count). The lowest BCUT2D eigenvalue weighted by atomic mass is 10.0. The monoisotopic (exact) mass is 360 g/mol. The molecule has 0 aliphatic rings. The minimum atomic E-state index is -4.02. The molecule has 0 spiro atoms. The number of rotatable bonds is 18. The van der Waals surface area contributed by atoms with Gasteiger partial charge in [0.1, 0.15) is 0 Å². The largest absolute Gasteiger partial charge is 0.290 e. The van der Waals surface area contributed by atoms with Crippen molar-refractivity contribution in [3.05, 3.63) is 11.5 Å². The van der Waals surface area contributed by atoms with Gasteiger partial charge in [-0.2, -0.15) is 8.42 Å². The molecule has 0 saturated heterocycles.